The van der Waals surface area contributed by atoms with Gasteiger partial charge in [-0.15, -0.1) is 11.3 Å². The van der Waals surface area contributed by atoms with Crippen LogP contribution in [0.4, 0.5) is 0 Å². The van der Waals surface area contributed by atoms with Gasteiger partial charge in [-0.1, -0.05) is 26.1 Å². The number of nitrogens with two attached hydrogens (primary N) is 1. The maximum atomic E-state index is 12.0. The first-order valence-corrected chi connectivity index (χ1v) is 6.71. The summed E-state index contributed by atoms with van der Waals surface area (Å²) in [6.45, 7) is 5.75. The molecule has 1 aromatic rings. The van der Waals surface area contributed by atoms with Crippen LogP contribution in [0.3, 0.4) is 0 Å². The molecule has 0 saturated carbocycles. The third kappa shape index (κ3) is 3.74. The van der Waals surface area contributed by atoms with Gasteiger partial charge >= 0.3 is 0 Å². The minimum absolute atomic E-state index is 0.0935. The molecule has 94 valence electrons. The number of thiazole rings is 1. The van der Waals surface area contributed by atoms with Crippen molar-refractivity contribution in [2.45, 2.75) is 26.8 Å². The SMILES string of the molecule is CC(NC(=O)C(C(N)=S)C(C)C)c1nccs1. The number of hydrogen-bond donors (Lipinski definition) is 2. The van der Waals surface area contributed by atoms with Gasteiger partial charge in [0.2, 0.25) is 5.91 Å². The second-order valence-electron chi connectivity index (χ2n) is 4.22. The van der Waals surface area contributed by atoms with Crippen molar-refractivity contribution in [1.29, 1.82) is 0 Å². The molecular weight excluding hydrogens is 254 g/mol. The number of thiocarbonyl (C=S) groups is 1. The molecule has 17 heavy (non-hydrogen) atoms. The molecule has 0 aliphatic heterocycles. The Morgan fingerprint density at radius 1 is 1.53 bits per heavy atom. The molecule has 0 bridgehead atoms. The minimum Gasteiger partial charge on any atom is -0.393 e. The molecule has 0 aliphatic rings. The number of carbonyl (C=O) groups excluding carboxylic acids is 1. The lowest BCUT2D eigenvalue weighted by atomic mass is 9.95. The molecule has 3 N–H and O–H groups in total. The van der Waals surface area contributed by atoms with Crippen molar-refractivity contribution in [2.24, 2.45) is 17.6 Å². The van der Waals surface area contributed by atoms with Crippen molar-refractivity contribution < 1.29 is 4.79 Å². The van der Waals surface area contributed by atoms with E-state index in [-0.39, 0.29) is 22.9 Å². The summed E-state index contributed by atoms with van der Waals surface area (Å²) in [5, 5.41) is 5.65. The van der Waals surface area contributed by atoms with Crippen LogP contribution in [0.5, 0.6) is 0 Å². The van der Waals surface area contributed by atoms with Gasteiger partial charge in [0.15, 0.2) is 0 Å². The molecule has 0 saturated heterocycles. The molecule has 6 heteroatoms. The summed E-state index contributed by atoms with van der Waals surface area (Å²) in [4.78, 5) is 16.4. The lowest BCUT2D eigenvalue weighted by Crippen LogP contribution is -2.41. The van der Waals surface area contributed by atoms with Crippen LogP contribution in [-0.4, -0.2) is 15.9 Å². The monoisotopic (exact) mass is 271 g/mol. The first-order chi connectivity index (χ1) is 7.93. The third-order valence-corrected chi connectivity index (χ3v) is 3.65. The zero-order valence-electron chi connectivity index (χ0n) is 10.1. The first-order valence-electron chi connectivity index (χ1n) is 5.42. The number of carbonyl (C=O) groups is 1. The van der Waals surface area contributed by atoms with E-state index in [1.807, 2.05) is 26.2 Å². The Bertz CT molecular complexity index is 389. The van der Waals surface area contributed by atoms with Gasteiger partial charge in [0.1, 0.15) is 5.01 Å². The zero-order valence-corrected chi connectivity index (χ0v) is 11.8. The van der Waals surface area contributed by atoms with Gasteiger partial charge in [-0.3, -0.25) is 4.79 Å². The Kier molecular flexibility index (Phi) is 5.02. The summed E-state index contributed by atoms with van der Waals surface area (Å²) < 4.78 is 0. The van der Waals surface area contributed by atoms with Crippen LogP contribution in [0.15, 0.2) is 11.6 Å². The molecule has 2 unspecified atom stereocenters. The number of hydrogen-bond acceptors (Lipinski definition) is 4. The van der Waals surface area contributed by atoms with E-state index in [0.29, 0.717) is 0 Å². The van der Waals surface area contributed by atoms with Gasteiger partial charge in [0, 0.05) is 11.6 Å². The van der Waals surface area contributed by atoms with Crippen molar-refractivity contribution in [3.63, 3.8) is 0 Å². The Hall–Kier alpha value is -1.01. The van der Waals surface area contributed by atoms with Crippen LogP contribution in [0, 0.1) is 11.8 Å². The van der Waals surface area contributed by atoms with E-state index in [1.54, 1.807) is 6.20 Å². The summed E-state index contributed by atoms with van der Waals surface area (Å²) >= 11 is 6.44. The van der Waals surface area contributed by atoms with Crippen molar-refractivity contribution in [2.75, 3.05) is 0 Å². The fraction of sp³-hybridized carbons (Fsp3) is 0.545. The maximum Gasteiger partial charge on any atom is 0.230 e. The highest BCUT2D eigenvalue weighted by Gasteiger charge is 2.26. The van der Waals surface area contributed by atoms with E-state index in [9.17, 15) is 4.79 Å². The van der Waals surface area contributed by atoms with Crippen LogP contribution in [0.2, 0.25) is 0 Å². The molecule has 1 heterocycles. The number of nitrogens with zero attached hydrogens (tertiary/aromatic N) is 1. The van der Waals surface area contributed by atoms with Crippen LogP contribution >= 0.6 is 23.6 Å². The molecule has 1 amide bonds. The van der Waals surface area contributed by atoms with Gasteiger partial charge in [0.05, 0.1) is 16.9 Å². The number of rotatable bonds is 5. The molecule has 4 nitrogen and oxygen atoms in total. The summed E-state index contributed by atoms with van der Waals surface area (Å²) in [5.74, 6) is -0.460. The Morgan fingerprint density at radius 3 is 2.59 bits per heavy atom. The molecule has 0 spiro atoms. The van der Waals surface area contributed by atoms with Crippen molar-refractivity contribution in [3.8, 4) is 0 Å². The molecule has 1 aromatic heterocycles. The summed E-state index contributed by atoms with van der Waals surface area (Å²) in [5.41, 5.74) is 5.59. The van der Waals surface area contributed by atoms with Gasteiger partial charge in [0.25, 0.3) is 0 Å². The summed E-state index contributed by atoms with van der Waals surface area (Å²) in [6.07, 6.45) is 1.72. The number of amides is 1. The molecule has 1 rings (SSSR count). The first kappa shape index (κ1) is 14.1. The normalized spacial score (nSPS) is 14.4. The Morgan fingerprint density at radius 2 is 2.18 bits per heavy atom. The zero-order chi connectivity index (χ0) is 13.0. The molecule has 0 aromatic carbocycles. The van der Waals surface area contributed by atoms with Gasteiger partial charge < -0.3 is 11.1 Å². The second-order valence-corrected chi connectivity index (χ2v) is 5.62. The number of nitrogens with one attached hydrogen (secondary N) is 1. The van der Waals surface area contributed by atoms with E-state index in [1.165, 1.54) is 11.3 Å². The van der Waals surface area contributed by atoms with E-state index in [2.05, 4.69) is 10.3 Å². The lowest BCUT2D eigenvalue weighted by molar-refractivity contribution is -0.124. The molecule has 0 radical (unpaired) electrons. The minimum atomic E-state index is -0.424. The Balaban J connectivity index is 2.68. The highest BCUT2D eigenvalue weighted by molar-refractivity contribution is 7.80. The molecular formula is C11H17N3OS2. The maximum absolute atomic E-state index is 12.0. The highest BCUT2D eigenvalue weighted by Crippen LogP contribution is 2.17. The van der Waals surface area contributed by atoms with Crippen LogP contribution in [0.25, 0.3) is 0 Å². The standard InChI is InChI=1S/C11H17N3OS2/c1-6(2)8(9(12)16)10(15)14-7(3)11-13-4-5-17-11/h4-8H,1-3H3,(H2,12,16)(H,14,15). The smallest absolute Gasteiger partial charge is 0.230 e. The van der Waals surface area contributed by atoms with Crippen molar-refractivity contribution in [3.05, 3.63) is 16.6 Å². The number of aromatic nitrogens is 1. The highest BCUT2D eigenvalue weighted by atomic mass is 32.1. The quantitative estimate of drug-likeness (QED) is 0.802. The fourth-order valence-corrected chi connectivity index (χ4v) is 2.60. The van der Waals surface area contributed by atoms with Gasteiger partial charge in [-0.05, 0) is 12.8 Å². The lowest BCUT2D eigenvalue weighted by Gasteiger charge is -2.21. The van der Waals surface area contributed by atoms with E-state index >= 15 is 0 Å². The van der Waals surface area contributed by atoms with Crippen LogP contribution < -0.4 is 11.1 Å². The molecule has 0 fully saturated rings. The van der Waals surface area contributed by atoms with Gasteiger partial charge in [-0.2, -0.15) is 0 Å². The Labute approximate surface area is 111 Å². The average molecular weight is 271 g/mol. The predicted octanol–water partition coefficient (Wildman–Crippen LogP) is 1.88. The van der Waals surface area contributed by atoms with E-state index in [0.717, 1.165) is 5.01 Å². The van der Waals surface area contributed by atoms with Crippen LogP contribution in [-0.2, 0) is 4.79 Å². The fourth-order valence-electron chi connectivity index (χ4n) is 1.57. The summed E-state index contributed by atoms with van der Waals surface area (Å²) in [6, 6.07) is -0.113. The largest absolute Gasteiger partial charge is 0.393 e. The van der Waals surface area contributed by atoms with Crippen LogP contribution in [0.1, 0.15) is 31.8 Å². The molecule has 2 atom stereocenters. The average Bonchev–Trinajstić information content (AvgIpc) is 2.68. The van der Waals surface area contributed by atoms with Crippen molar-refractivity contribution >= 4 is 34.5 Å². The van der Waals surface area contributed by atoms with Crippen molar-refractivity contribution in [1.82, 2.24) is 10.3 Å². The summed E-state index contributed by atoms with van der Waals surface area (Å²) in [7, 11) is 0. The predicted molar refractivity (Wildman–Crippen MR) is 73.8 cm³/mol. The third-order valence-electron chi connectivity index (χ3n) is 2.44. The van der Waals surface area contributed by atoms with Gasteiger partial charge in [-0.25, -0.2) is 4.98 Å². The topological polar surface area (TPSA) is 68.0 Å². The second kappa shape index (κ2) is 6.07. The van der Waals surface area contributed by atoms with E-state index in [4.69, 9.17) is 18.0 Å². The molecule has 0 aliphatic carbocycles. The van der Waals surface area contributed by atoms with E-state index < -0.39 is 5.92 Å².